The SMILES string of the molecule is CC(c1ccc(F)cc1)N(C)C(=O)c1cc(-c2ccco2)nc2c1cnn2C(C)C. The number of fused-ring (bicyclic) bond motifs is 1. The molecule has 1 amide bonds. The number of nitrogens with zero attached hydrogens (tertiary/aromatic N) is 4. The van der Waals surface area contributed by atoms with Gasteiger partial charge in [0.05, 0.1) is 29.5 Å². The lowest BCUT2D eigenvalue weighted by molar-refractivity contribution is 0.0744. The molecule has 6 nitrogen and oxygen atoms in total. The topological polar surface area (TPSA) is 64.2 Å². The van der Waals surface area contributed by atoms with Crippen LogP contribution in [0.25, 0.3) is 22.5 Å². The molecular weight excluding hydrogens is 383 g/mol. The lowest BCUT2D eigenvalue weighted by Crippen LogP contribution is -2.30. The van der Waals surface area contributed by atoms with E-state index < -0.39 is 0 Å². The summed E-state index contributed by atoms with van der Waals surface area (Å²) in [7, 11) is 1.74. The van der Waals surface area contributed by atoms with Crippen molar-refractivity contribution in [3.8, 4) is 11.5 Å². The van der Waals surface area contributed by atoms with Gasteiger partial charge in [-0.05, 0) is 56.7 Å². The van der Waals surface area contributed by atoms with Crippen molar-refractivity contribution in [2.24, 2.45) is 0 Å². The first-order chi connectivity index (χ1) is 14.4. The number of furan rings is 1. The van der Waals surface area contributed by atoms with Gasteiger partial charge in [-0.1, -0.05) is 12.1 Å². The van der Waals surface area contributed by atoms with Gasteiger partial charge < -0.3 is 9.32 Å². The van der Waals surface area contributed by atoms with Gasteiger partial charge in [0.25, 0.3) is 5.91 Å². The Labute approximate surface area is 173 Å². The van der Waals surface area contributed by atoms with Crippen LogP contribution in [0.3, 0.4) is 0 Å². The van der Waals surface area contributed by atoms with Crippen LogP contribution in [-0.2, 0) is 0 Å². The van der Waals surface area contributed by atoms with Crippen LogP contribution in [0.1, 0.15) is 48.8 Å². The van der Waals surface area contributed by atoms with Crippen LogP contribution in [0.2, 0.25) is 0 Å². The van der Waals surface area contributed by atoms with E-state index in [2.05, 4.69) is 5.10 Å². The molecule has 0 aliphatic heterocycles. The molecule has 1 aromatic carbocycles. The molecule has 4 rings (SSSR count). The number of amides is 1. The molecule has 7 heteroatoms. The van der Waals surface area contributed by atoms with Crippen molar-refractivity contribution in [3.05, 3.63) is 71.9 Å². The van der Waals surface area contributed by atoms with Gasteiger partial charge in [0, 0.05) is 13.1 Å². The van der Waals surface area contributed by atoms with Crippen LogP contribution in [-0.4, -0.2) is 32.6 Å². The molecule has 0 aliphatic rings. The van der Waals surface area contributed by atoms with Crippen LogP contribution in [0.4, 0.5) is 4.39 Å². The highest BCUT2D eigenvalue weighted by molar-refractivity contribution is 6.06. The number of aromatic nitrogens is 3. The number of hydrogen-bond acceptors (Lipinski definition) is 4. The molecular formula is C23H23FN4O2. The summed E-state index contributed by atoms with van der Waals surface area (Å²) < 4.78 is 20.6. The molecule has 3 aromatic heterocycles. The number of rotatable bonds is 5. The normalized spacial score (nSPS) is 12.5. The highest BCUT2D eigenvalue weighted by Crippen LogP contribution is 2.29. The summed E-state index contributed by atoms with van der Waals surface area (Å²) in [5.41, 5.74) is 2.54. The van der Waals surface area contributed by atoms with E-state index in [0.29, 0.717) is 28.1 Å². The van der Waals surface area contributed by atoms with E-state index >= 15 is 0 Å². The maximum Gasteiger partial charge on any atom is 0.254 e. The van der Waals surface area contributed by atoms with E-state index in [1.807, 2.05) is 26.8 Å². The monoisotopic (exact) mass is 406 g/mol. The van der Waals surface area contributed by atoms with Crippen LogP contribution in [0, 0.1) is 5.82 Å². The fraction of sp³-hybridized carbons (Fsp3) is 0.261. The summed E-state index contributed by atoms with van der Waals surface area (Å²) in [6.07, 6.45) is 3.25. The summed E-state index contributed by atoms with van der Waals surface area (Å²) >= 11 is 0. The molecule has 1 unspecified atom stereocenters. The fourth-order valence-electron chi connectivity index (χ4n) is 3.45. The molecule has 0 fully saturated rings. The average Bonchev–Trinajstić information content (AvgIpc) is 3.42. The number of benzene rings is 1. The lowest BCUT2D eigenvalue weighted by Gasteiger charge is -2.26. The molecule has 0 radical (unpaired) electrons. The number of halogens is 1. The van der Waals surface area contributed by atoms with Crippen molar-refractivity contribution in [2.45, 2.75) is 32.9 Å². The van der Waals surface area contributed by atoms with Gasteiger partial charge in [-0.25, -0.2) is 14.1 Å². The first kappa shape index (κ1) is 19.8. The molecule has 0 bridgehead atoms. The van der Waals surface area contributed by atoms with E-state index in [1.54, 1.807) is 53.4 Å². The second-order valence-corrected chi connectivity index (χ2v) is 7.60. The predicted molar refractivity (Wildman–Crippen MR) is 113 cm³/mol. The number of hydrogen-bond donors (Lipinski definition) is 0. The van der Waals surface area contributed by atoms with Gasteiger partial charge in [0.15, 0.2) is 11.4 Å². The maximum atomic E-state index is 13.5. The number of pyridine rings is 1. The van der Waals surface area contributed by atoms with Gasteiger partial charge in [0.1, 0.15) is 11.5 Å². The Hall–Kier alpha value is -3.48. The molecule has 154 valence electrons. The third kappa shape index (κ3) is 3.47. The first-order valence-corrected chi connectivity index (χ1v) is 9.81. The zero-order valence-corrected chi connectivity index (χ0v) is 17.3. The minimum Gasteiger partial charge on any atom is -0.463 e. The second kappa shape index (κ2) is 7.74. The first-order valence-electron chi connectivity index (χ1n) is 9.81. The molecule has 4 aromatic rings. The average molecular weight is 406 g/mol. The molecule has 30 heavy (non-hydrogen) atoms. The summed E-state index contributed by atoms with van der Waals surface area (Å²) in [4.78, 5) is 19.8. The van der Waals surface area contributed by atoms with E-state index in [-0.39, 0.29) is 23.8 Å². The van der Waals surface area contributed by atoms with Crippen LogP contribution in [0.15, 0.2) is 59.3 Å². The van der Waals surface area contributed by atoms with Crippen molar-refractivity contribution in [1.82, 2.24) is 19.7 Å². The lowest BCUT2D eigenvalue weighted by atomic mass is 10.0. The van der Waals surface area contributed by atoms with Crippen molar-refractivity contribution < 1.29 is 13.6 Å². The molecule has 0 saturated carbocycles. The van der Waals surface area contributed by atoms with Crippen molar-refractivity contribution in [3.63, 3.8) is 0 Å². The summed E-state index contributed by atoms with van der Waals surface area (Å²) in [5, 5.41) is 5.13. The molecule has 3 heterocycles. The van der Waals surface area contributed by atoms with Crippen molar-refractivity contribution in [2.75, 3.05) is 7.05 Å². The van der Waals surface area contributed by atoms with Crippen LogP contribution in [0.5, 0.6) is 0 Å². The van der Waals surface area contributed by atoms with Gasteiger partial charge in [-0.2, -0.15) is 5.10 Å². The van der Waals surface area contributed by atoms with Gasteiger partial charge in [-0.3, -0.25) is 4.79 Å². The van der Waals surface area contributed by atoms with E-state index in [1.165, 1.54) is 12.1 Å². The Balaban J connectivity index is 1.80. The Bertz CT molecular complexity index is 1180. The van der Waals surface area contributed by atoms with E-state index in [0.717, 1.165) is 5.56 Å². The smallest absolute Gasteiger partial charge is 0.254 e. The minimum atomic E-state index is -0.306. The summed E-state index contributed by atoms with van der Waals surface area (Å²) in [5.74, 6) is 0.104. The molecule has 1 atom stereocenters. The maximum absolute atomic E-state index is 13.5. The van der Waals surface area contributed by atoms with Gasteiger partial charge in [-0.15, -0.1) is 0 Å². The minimum absolute atomic E-state index is 0.0840. The molecule has 0 aliphatic carbocycles. The Morgan fingerprint density at radius 3 is 2.53 bits per heavy atom. The van der Waals surface area contributed by atoms with Gasteiger partial charge >= 0.3 is 0 Å². The number of carbonyl (C=O) groups is 1. The molecule has 0 N–H and O–H groups in total. The Morgan fingerprint density at radius 2 is 1.90 bits per heavy atom. The number of carbonyl (C=O) groups excluding carboxylic acids is 1. The van der Waals surface area contributed by atoms with Crippen molar-refractivity contribution in [1.29, 1.82) is 0 Å². The molecule has 0 saturated heterocycles. The van der Waals surface area contributed by atoms with Crippen molar-refractivity contribution >= 4 is 16.9 Å². The quantitative estimate of drug-likeness (QED) is 0.454. The Morgan fingerprint density at radius 1 is 1.17 bits per heavy atom. The summed E-state index contributed by atoms with van der Waals surface area (Å²) in [6, 6.07) is 11.4. The standard InChI is InChI=1S/C23H23FN4O2/c1-14(2)28-22-19(13-25-28)18(12-20(26-22)21-6-5-11-30-21)23(29)27(4)15(3)16-7-9-17(24)10-8-16/h5-15H,1-4H3. The highest BCUT2D eigenvalue weighted by atomic mass is 19.1. The predicted octanol–water partition coefficient (Wildman–Crippen LogP) is 5.24. The zero-order valence-electron chi connectivity index (χ0n) is 17.3. The largest absolute Gasteiger partial charge is 0.463 e. The van der Waals surface area contributed by atoms with Crippen LogP contribution >= 0.6 is 0 Å². The van der Waals surface area contributed by atoms with Gasteiger partial charge in [0.2, 0.25) is 0 Å². The zero-order chi connectivity index (χ0) is 21.4. The van der Waals surface area contributed by atoms with Crippen LogP contribution < -0.4 is 0 Å². The van der Waals surface area contributed by atoms with E-state index in [4.69, 9.17) is 9.40 Å². The second-order valence-electron chi connectivity index (χ2n) is 7.60. The third-order valence-corrected chi connectivity index (χ3v) is 5.31. The highest BCUT2D eigenvalue weighted by Gasteiger charge is 2.24. The van der Waals surface area contributed by atoms with E-state index in [9.17, 15) is 9.18 Å². The fourth-order valence-corrected chi connectivity index (χ4v) is 3.45. The Kier molecular flexibility index (Phi) is 5.11. The summed E-state index contributed by atoms with van der Waals surface area (Å²) in [6.45, 7) is 5.93. The third-order valence-electron chi connectivity index (χ3n) is 5.31. The molecule has 0 spiro atoms.